The highest BCUT2D eigenvalue weighted by molar-refractivity contribution is 6.17. The molecule has 70 valence electrons. The van der Waals surface area contributed by atoms with Crippen molar-refractivity contribution in [3.8, 4) is 0 Å². The van der Waals surface area contributed by atoms with E-state index in [-0.39, 0.29) is 0 Å². The first-order chi connectivity index (χ1) is 6.79. The zero-order chi connectivity index (χ0) is 9.97. The first kappa shape index (κ1) is 8.84. The third-order valence-corrected chi connectivity index (χ3v) is 1.94. The van der Waals surface area contributed by atoms with Crippen LogP contribution in [0.4, 0.5) is 0 Å². The third kappa shape index (κ3) is 1.49. The number of hydrogen-bond donors (Lipinski definition) is 2. The fourth-order valence-corrected chi connectivity index (χ4v) is 1.30. The van der Waals surface area contributed by atoms with E-state index in [9.17, 15) is 0 Å². The van der Waals surface area contributed by atoms with Crippen molar-refractivity contribution in [2.75, 3.05) is 0 Å². The summed E-state index contributed by atoms with van der Waals surface area (Å²) in [6.45, 7) is 0. The highest BCUT2D eigenvalue weighted by Gasteiger charge is 2.17. The van der Waals surface area contributed by atoms with E-state index >= 15 is 0 Å². The van der Waals surface area contributed by atoms with Gasteiger partial charge in [0.05, 0.1) is 11.3 Å². The summed E-state index contributed by atoms with van der Waals surface area (Å²) >= 11 is 0. The van der Waals surface area contributed by atoms with Crippen LogP contribution in [0.2, 0.25) is 0 Å². The molecule has 0 amide bonds. The zero-order valence-corrected chi connectivity index (χ0v) is 7.33. The van der Waals surface area contributed by atoms with E-state index in [1.54, 1.807) is 36.8 Å². The molecule has 1 aliphatic heterocycles. The predicted molar refractivity (Wildman–Crippen MR) is 53.7 cm³/mol. The quantitative estimate of drug-likeness (QED) is 0.494. The van der Waals surface area contributed by atoms with E-state index in [4.69, 9.17) is 10.2 Å². The normalized spacial score (nSPS) is 13.8. The molecule has 0 bridgehead atoms. The van der Waals surface area contributed by atoms with Crippen LogP contribution >= 0.6 is 0 Å². The molecule has 0 fully saturated rings. The van der Waals surface area contributed by atoms with Crippen molar-refractivity contribution in [3.05, 3.63) is 35.7 Å². The van der Waals surface area contributed by atoms with Gasteiger partial charge in [-0.15, -0.1) is 4.67 Å². The molecule has 0 aliphatic carbocycles. The lowest BCUT2D eigenvalue weighted by molar-refractivity contribution is -0.0428. The SMILES string of the molecule is OC(O)c1cccnc1C1=CC=[N+]=C1. The molecule has 2 rings (SSSR count). The number of rotatable bonds is 2. The van der Waals surface area contributed by atoms with Crippen LogP contribution in [-0.4, -0.2) is 27.6 Å². The van der Waals surface area contributed by atoms with E-state index in [1.807, 2.05) is 0 Å². The van der Waals surface area contributed by atoms with Crippen molar-refractivity contribution in [2.24, 2.45) is 0 Å². The summed E-state index contributed by atoms with van der Waals surface area (Å²) in [5.41, 5.74) is 1.73. The van der Waals surface area contributed by atoms with Crippen LogP contribution in [-0.2, 0) is 0 Å². The molecule has 2 N–H and O–H groups in total. The Kier molecular flexibility index (Phi) is 2.24. The second-order valence-electron chi connectivity index (χ2n) is 2.86. The molecule has 4 nitrogen and oxygen atoms in total. The number of nitrogens with zero attached hydrogens (tertiary/aromatic N) is 2. The lowest BCUT2D eigenvalue weighted by Gasteiger charge is -2.07. The maximum Gasteiger partial charge on any atom is 0.302 e. The Morgan fingerprint density at radius 3 is 2.86 bits per heavy atom. The van der Waals surface area contributed by atoms with Crippen LogP contribution in [0.3, 0.4) is 0 Å². The van der Waals surface area contributed by atoms with Gasteiger partial charge < -0.3 is 10.2 Å². The fraction of sp³-hybridized carbons (Fsp3) is 0.100. The van der Waals surface area contributed by atoms with Gasteiger partial charge in [-0.05, 0) is 6.07 Å². The molecule has 14 heavy (non-hydrogen) atoms. The van der Waals surface area contributed by atoms with E-state index in [0.29, 0.717) is 11.3 Å². The van der Waals surface area contributed by atoms with E-state index < -0.39 is 6.29 Å². The van der Waals surface area contributed by atoms with Gasteiger partial charge >= 0.3 is 6.21 Å². The van der Waals surface area contributed by atoms with Crippen molar-refractivity contribution in [1.82, 2.24) is 9.65 Å². The molecule has 0 unspecified atom stereocenters. The lowest BCUT2D eigenvalue weighted by Crippen LogP contribution is -2.02. The Hall–Kier alpha value is -1.74. The first-order valence-corrected chi connectivity index (χ1v) is 4.17. The Balaban J connectivity index is 2.47. The van der Waals surface area contributed by atoms with Crippen LogP contribution in [0.25, 0.3) is 5.57 Å². The van der Waals surface area contributed by atoms with Crippen molar-refractivity contribution >= 4 is 18.0 Å². The second kappa shape index (κ2) is 3.55. The molecule has 1 aromatic heterocycles. The van der Waals surface area contributed by atoms with Gasteiger partial charge in [-0.3, -0.25) is 4.98 Å². The largest absolute Gasteiger partial charge is 0.364 e. The van der Waals surface area contributed by atoms with Crippen LogP contribution in [0, 0.1) is 0 Å². The van der Waals surface area contributed by atoms with Gasteiger partial charge in [-0.25, -0.2) is 0 Å². The van der Waals surface area contributed by atoms with Crippen LogP contribution in [0.5, 0.6) is 0 Å². The van der Waals surface area contributed by atoms with E-state index in [1.165, 1.54) is 0 Å². The maximum absolute atomic E-state index is 9.10. The van der Waals surface area contributed by atoms with Gasteiger partial charge in [0, 0.05) is 17.8 Å². The molecule has 1 aliphatic rings. The monoisotopic (exact) mass is 189 g/mol. The Morgan fingerprint density at radius 1 is 1.36 bits per heavy atom. The Labute approximate surface area is 80.6 Å². The fourth-order valence-electron chi connectivity index (χ4n) is 1.30. The molecule has 0 radical (unpaired) electrons. The first-order valence-electron chi connectivity index (χ1n) is 4.17. The van der Waals surface area contributed by atoms with Crippen LogP contribution < -0.4 is 4.67 Å². The zero-order valence-electron chi connectivity index (χ0n) is 7.33. The molecular formula is C10H9N2O2+. The molecule has 0 atom stereocenters. The molecule has 0 saturated carbocycles. The Bertz CT molecular complexity index is 443. The summed E-state index contributed by atoms with van der Waals surface area (Å²) in [5, 5.41) is 18.2. The minimum absolute atomic E-state index is 0.389. The van der Waals surface area contributed by atoms with Crippen LogP contribution in [0.1, 0.15) is 17.5 Å². The minimum Gasteiger partial charge on any atom is -0.364 e. The number of aliphatic hydroxyl groups excluding tert-OH is 1. The van der Waals surface area contributed by atoms with Gasteiger partial charge in [-0.2, -0.15) is 0 Å². The summed E-state index contributed by atoms with van der Waals surface area (Å²) in [4.78, 5) is 4.08. The van der Waals surface area contributed by atoms with Gasteiger partial charge in [0.25, 0.3) is 6.21 Å². The number of pyridine rings is 1. The average molecular weight is 189 g/mol. The molecular weight excluding hydrogens is 180 g/mol. The highest BCUT2D eigenvalue weighted by Crippen LogP contribution is 2.19. The number of aromatic nitrogens is 1. The van der Waals surface area contributed by atoms with Crippen molar-refractivity contribution < 1.29 is 10.2 Å². The molecule has 2 heterocycles. The van der Waals surface area contributed by atoms with Gasteiger partial charge in [0.2, 0.25) is 0 Å². The smallest absolute Gasteiger partial charge is 0.302 e. The van der Waals surface area contributed by atoms with Gasteiger partial charge in [-0.1, -0.05) is 6.07 Å². The summed E-state index contributed by atoms with van der Waals surface area (Å²) in [6.07, 6.45) is 5.14. The van der Waals surface area contributed by atoms with Gasteiger partial charge in [0.15, 0.2) is 6.29 Å². The molecule has 0 saturated heterocycles. The van der Waals surface area contributed by atoms with Gasteiger partial charge in [0.1, 0.15) is 0 Å². The summed E-state index contributed by atoms with van der Waals surface area (Å²) in [5.74, 6) is 0. The summed E-state index contributed by atoms with van der Waals surface area (Å²) < 4.78 is 3.90. The second-order valence-corrected chi connectivity index (χ2v) is 2.86. The lowest BCUT2D eigenvalue weighted by atomic mass is 10.1. The molecule has 4 heteroatoms. The molecule has 0 spiro atoms. The third-order valence-electron chi connectivity index (χ3n) is 1.94. The van der Waals surface area contributed by atoms with E-state index in [2.05, 4.69) is 9.65 Å². The Morgan fingerprint density at radius 2 is 2.21 bits per heavy atom. The summed E-state index contributed by atoms with van der Waals surface area (Å²) in [6, 6.07) is 3.29. The molecule has 1 aromatic rings. The van der Waals surface area contributed by atoms with Crippen molar-refractivity contribution in [3.63, 3.8) is 0 Å². The number of hydrogen-bond acceptors (Lipinski definition) is 3. The standard InChI is InChI=1S/C10H9N2O2/c13-10(14)8-2-1-4-12-9(8)7-3-5-11-6-7/h1-6,10,13-14H/q+1. The molecule has 0 aromatic carbocycles. The number of aliphatic hydroxyl groups is 2. The van der Waals surface area contributed by atoms with E-state index in [0.717, 1.165) is 5.57 Å². The summed E-state index contributed by atoms with van der Waals surface area (Å²) in [7, 11) is 0. The topological polar surface area (TPSA) is 67.5 Å². The minimum atomic E-state index is -1.51. The van der Waals surface area contributed by atoms with Crippen molar-refractivity contribution in [2.45, 2.75) is 6.29 Å². The van der Waals surface area contributed by atoms with Crippen LogP contribution in [0.15, 0.2) is 24.4 Å². The predicted octanol–water partition coefficient (Wildman–Crippen LogP) is -0.329. The highest BCUT2D eigenvalue weighted by atomic mass is 16.5. The number of allylic oxidation sites excluding steroid dienone is 2. The van der Waals surface area contributed by atoms with Crippen molar-refractivity contribution in [1.29, 1.82) is 0 Å². The average Bonchev–Trinajstić information content (AvgIpc) is 2.70. The maximum atomic E-state index is 9.10.